The molecule has 2 nitrogen and oxygen atoms in total. The van der Waals surface area contributed by atoms with Crippen molar-refractivity contribution in [3.63, 3.8) is 0 Å². The van der Waals surface area contributed by atoms with Gasteiger partial charge in [-0.2, -0.15) is 9.13 Å². The summed E-state index contributed by atoms with van der Waals surface area (Å²) < 4.78 is 5.14. The maximum Gasteiger partial charge on any atom is 0.213 e. The average Bonchev–Trinajstić information content (AvgIpc) is 3.61. The van der Waals surface area contributed by atoms with Crippen molar-refractivity contribution in [1.82, 2.24) is 0 Å². The zero-order valence-corrected chi connectivity index (χ0v) is 22.5. The Balaban J connectivity index is 1.42. The van der Waals surface area contributed by atoms with Crippen molar-refractivity contribution in [1.29, 1.82) is 0 Å². The normalized spacial score (nSPS) is 23.3. The minimum atomic E-state index is -0.358. The molecular formula is C39H26N2+2. The first kappa shape index (κ1) is 21.0. The van der Waals surface area contributed by atoms with Crippen molar-refractivity contribution in [2.75, 3.05) is 0 Å². The highest BCUT2D eigenvalue weighted by molar-refractivity contribution is 5.91. The number of hydrogen-bond donors (Lipinski definition) is 0. The third-order valence-corrected chi connectivity index (χ3v) is 11.1. The zero-order valence-electron chi connectivity index (χ0n) is 22.5. The van der Waals surface area contributed by atoms with Crippen molar-refractivity contribution < 1.29 is 9.13 Å². The standard InChI is InChI=1S/C39H26N2/c1-3-15-28-24(11-1)25-12-2-4-16-29(25)39(28)30-17-9-13-26-33-20-6-8-22-41(33)37-36(34(26)30)38(37)23-40-21-7-5-19-32(40)27-14-10-18-31(39)35(27)38/h1-22,36-37H,23H2/q+2. The van der Waals surface area contributed by atoms with Gasteiger partial charge in [-0.25, -0.2) is 0 Å². The Kier molecular flexibility index (Phi) is 3.44. The lowest BCUT2D eigenvalue weighted by atomic mass is 9.63. The third-order valence-electron chi connectivity index (χ3n) is 11.1. The van der Waals surface area contributed by atoms with Gasteiger partial charge in [0.2, 0.25) is 11.4 Å². The molecule has 190 valence electrons. The van der Waals surface area contributed by atoms with Gasteiger partial charge in [-0.3, -0.25) is 0 Å². The molecule has 5 aliphatic rings. The quantitative estimate of drug-likeness (QED) is 0.192. The van der Waals surface area contributed by atoms with Gasteiger partial charge in [-0.15, -0.1) is 0 Å². The summed E-state index contributed by atoms with van der Waals surface area (Å²) >= 11 is 0. The Hall–Kier alpha value is -4.82. The van der Waals surface area contributed by atoms with E-state index in [-0.39, 0.29) is 10.8 Å². The van der Waals surface area contributed by atoms with E-state index in [1.165, 1.54) is 55.9 Å². The van der Waals surface area contributed by atoms with E-state index in [0.717, 1.165) is 6.54 Å². The molecule has 2 spiro atoms. The first-order valence-electron chi connectivity index (χ1n) is 14.8. The lowest BCUT2D eigenvalue weighted by Gasteiger charge is -2.38. The van der Waals surface area contributed by atoms with E-state index in [1.807, 2.05) is 0 Å². The number of fused-ring (bicyclic) bond motifs is 12. The van der Waals surface area contributed by atoms with Gasteiger partial charge < -0.3 is 0 Å². The lowest BCUT2D eigenvalue weighted by Crippen LogP contribution is -2.50. The molecule has 1 saturated carbocycles. The number of aromatic nitrogens is 2. The summed E-state index contributed by atoms with van der Waals surface area (Å²) in [7, 11) is 0. The molecule has 2 aliphatic heterocycles. The van der Waals surface area contributed by atoms with Crippen LogP contribution in [0.3, 0.4) is 0 Å². The zero-order chi connectivity index (χ0) is 26.5. The molecule has 1 fully saturated rings. The van der Waals surface area contributed by atoms with Crippen LogP contribution in [0.5, 0.6) is 0 Å². The molecule has 0 amide bonds. The van der Waals surface area contributed by atoms with E-state index in [9.17, 15) is 0 Å². The summed E-state index contributed by atoms with van der Waals surface area (Å²) in [6.45, 7) is 0.997. The topological polar surface area (TPSA) is 7.76 Å². The minimum Gasteiger partial charge on any atom is -0.197 e. The molecule has 3 unspecified atom stereocenters. The first-order chi connectivity index (χ1) is 20.3. The van der Waals surface area contributed by atoms with E-state index in [4.69, 9.17) is 0 Å². The summed E-state index contributed by atoms with van der Waals surface area (Å²) in [4.78, 5) is 0. The summed E-state index contributed by atoms with van der Waals surface area (Å²) in [5.74, 6) is 0.425. The Morgan fingerprint density at radius 3 is 1.93 bits per heavy atom. The van der Waals surface area contributed by atoms with E-state index >= 15 is 0 Å². The van der Waals surface area contributed by atoms with Crippen LogP contribution >= 0.6 is 0 Å². The van der Waals surface area contributed by atoms with Crippen LogP contribution in [0.4, 0.5) is 0 Å². The molecule has 41 heavy (non-hydrogen) atoms. The summed E-state index contributed by atoms with van der Waals surface area (Å²) in [6.07, 6.45) is 4.64. The maximum atomic E-state index is 2.61. The molecule has 3 atom stereocenters. The molecule has 3 aliphatic carbocycles. The highest BCUT2D eigenvalue weighted by Gasteiger charge is 2.81. The van der Waals surface area contributed by atoms with Crippen LogP contribution in [0.15, 0.2) is 134 Å². The Labute approximate surface area is 238 Å². The van der Waals surface area contributed by atoms with Gasteiger partial charge in [-0.05, 0) is 68.8 Å². The smallest absolute Gasteiger partial charge is 0.197 e. The van der Waals surface area contributed by atoms with E-state index in [2.05, 4.69) is 143 Å². The average molecular weight is 523 g/mol. The predicted molar refractivity (Wildman–Crippen MR) is 158 cm³/mol. The Morgan fingerprint density at radius 1 is 0.512 bits per heavy atom. The van der Waals surface area contributed by atoms with Gasteiger partial charge in [0.05, 0.1) is 22.5 Å². The largest absolute Gasteiger partial charge is 0.213 e. The van der Waals surface area contributed by atoms with Crippen LogP contribution < -0.4 is 9.13 Å². The van der Waals surface area contributed by atoms with E-state index < -0.39 is 0 Å². The SMILES string of the molecule is c1ccc2c(c1)-c1ccccc1C21c2cccc3c2C2C([n+]4ccccc4-3)C23C[n+]2ccccc2-c2cccc1c23. The van der Waals surface area contributed by atoms with E-state index in [0.29, 0.717) is 12.0 Å². The van der Waals surface area contributed by atoms with Crippen molar-refractivity contribution in [2.24, 2.45) is 0 Å². The fourth-order valence-corrected chi connectivity index (χ4v) is 9.88. The fraction of sp³-hybridized carbons (Fsp3) is 0.128. The van der Waals surface area contributed by atoms with Gasteiger partial charge in [-0.1, -0.05) is 72.8 Å². The molecule has 0 radical (unpaired) electrons. The van der Waals surface area contributed by atoms with Crippen LogP contribution in [0.25, 0.3) is 33.6 Å². The fourth-order valence-electron chi connectivity index (χ4n) is 9.88. The van der Waals surface area contributed by atoms with Crippen LogP contribution in [-0.4, -0.2) is 0 Å². The number of pyridine rings is 2. The molecule has 6 aromatic rings. The number of hydrogen-bond acceptors (Lipinski definition) is 0. The predicted octanol–water partition coefficient (Wildman–Crippen LogP) is 6.88. The lowest BCUT2D eigenvalue weighted by molar-refractivity contribution is -0.720. The van der Waals surface area contributed by atoms with Crippen molar-refractivity contribution in [2.45, 2.75) is 29.3 Å². The van der Waals surface area contributed by atoms with Crippen molar-refractivity contribution >= 4 is 0 Å². The summed E-state index contributed by atoms with van der Waals surface area (Å²) in [5, 5.41) is 0. The Morgan fingerprint density at radius 2 is 1.12 bits per heavy atom. The van der Waals surface area contributed by atoms with Gasteiger partial charge >= 0.3 is 0 Å². The van der Waals surface area contributed by atoms with Gasteiger partial charge in [0.15, 0.2) is 25.0 Å². The molecule has 0 saturated heterocycles. The summed E-state index contributed by atoms with van der Waals surface area (Å²) in [6, 6.07) is 46.7. The third kappa shape index (κ3) is 2.09. The summed E-state index contributed by atoms with van der Waals surface area (Å²) in [5.41, 5.74) is 16.8. The highest BCUT2D eigenvalue weighted by atomic mass is 15.2. The van der Waals surface area contributed by atoms with Gasteiger partial charge in [0, 0.05) is 24.3 Å². The van der Waals surface area contributed by atoms with Gasteiger partial charge in [0.1, 0.15) is 5.41 Å². The monoisotopic (exact) mass is 522 g/mol. The highest BCUT2D eigenvalue weighted by Crippen LogP contribution is 2.77. The molecule has 0 N–H and O–H groups in total. The van der Waals surface area contributed by atoms with Crippen LogP contribution in [0.2, 0.25) is 0 Å². The van der Waals surface area contributed by atoms with Gasteiger partial charge in [0.25, 0.3) is 0 Å². The van der Waals surface area contributed by atoms with E-state index in [1.54, 1.807) is 11.1 Å². The molecule has 11 rings (SSSR count). The second-order valence-corrected chi connectivity index (χ2v) is 12.5. The van der Waals surface area contributed by atoms with Crippen LogP contribution in [-0.2, 0) is 17.4 Å². The number of benzene rings is 4. The molecule has 2 heteroatoms. The molecule has 0 bridgehead atoms. The van der Waals surface area contributed by atoms with Crippen molar-refractivity contribution in [3.05, 3.63) is 167 Å². The molecule has 4 heterocycles. The minimum absolute atomic E-state index is 0.0109. The number of nitrogens with zero attached hydrogens (tertiary/aromatic N) is 2. The molecular weight excluding hydrogens is 496 g/mol. The first-order valence-corrected chi connectivity index (χ1v) is 14.8. The Bertz CT molecular complexity index is 2130. The van der Waals surface area contributed by atoms with Crippen LogP contribution in [0, 0.1) is 0 Å². The second-order valence-electron chi connectivity index (χ2n) is 12.5. The number of rotatable bonds is 0. The van der Waals surface area contributed by atoms with Crippen LogP contribution in [0.1, 0.15) is 45.3 Å². The maximum absolute atomic E-state index is 2.61. The molecule has 2 aromatic heterocycles. The molecule has 4 aromatic carbocycles. The second kappa shape index (κ2) is 6.72. The van der Waals surface area contributed by atoms with Crippen molar-refractivity contribution in [3.8, 4) is 33.6 Å².